The van der Waals surface area contributed by atoms with Gasteiger partial charge in [0.1, 0.15) is 11.6 Å². The van der Waals surface area contributed by atoms with Crippen molar-refractivity contribution in [2.75, 3.05) is 6.61 Å². The second kappa shape index (κ2) is 7.70. The minimum Gasteiger partial charge on any atom is -0.492 e. The van der Waals surface area contributed by atoms with Crippen LogP contribution in [0.1, 0.15) is 25.3 Å². The topological polar surface area (TPSA) is 59.6 Å². The average Bonchev–Trinajstić information content (AvgIpc) is 2.50. The van der Waals surface area contributed by atoms with E-state index < -0.39 is 0 Å². The molecule has 0 saturated carbocycles. The van der Waals surface area contributed by atoms with Gasteiger partial charge < -0.3 is 10.5 Å². The fraction of sp³-hybridized carbons (Fsp3) is 0.250. The molecule has 0 amide bonds. The monoisotopic (exact) mass is 319 g/mol. The molecule has 0 saturated heterocycles. The van der Waals surface area contributed by atoms with Gasteiger partial charge in [-0.25, -0.2) is 4.39 Å². The van der Waals surface area contributed by atoms with Gasteiger partial charge in [-0.2, -0.15) is 5.10 Å². The molecule has 0 radical (unpaired) electrons. The standard InChI is InChI=1S/C16H18FN3OS/c1-2-3-8-21-15-11(10-19-20-16(18)22)9-14(17)12-6-4-5-7-13(12)15/h4-7,9-10H,2-3,8H2,1H3,(H3,18,20,22). The molecule has 0 aliphatic heterocycles. The van der Waals surface area contributed by atoms with Crippen molar-refractivity contribution in [3.05, 3.63) is 41.7 Å². The molecule has 0 aliphatic rings. The SMILES string of the molecule is CCCCOc1c(C=NNC(N)=S)cc(F)c2ccccc12. The van der Waals surface area contributed by atoms with E-state index in [9.17, 15) is 4.39 Å². The number of ether oxygens (including phenoxy) is 1. The number of fused-ring (bicyclic) bond motifs is 1. The lowest BCUT2D eigenvalue weighted by molar-refractivity contribution is 0.312. The molecule has 0 bridgehead atoms. The Morgan fingerprint density at radius 3 is 2.82 bits per heavy atom. The van der Waals surface area contributed by atoms with Gasteiger partial charge in [0.2, 0.25) is 0 Å². The zero-order chi connectivity index (χ0) is 15.9. The van der Waals surface area contributed by atoms with Crippen LogP contribution in [-0.2, 0) is 0 Å². The molecule has 0 fully saturated rings. The van der Waals surface area contributed by atoms with Gasteiger partial charge in [0.05, 0.1) is 12.8 Å². The van der Waals surface area contributed by atoms with E-state index in [1.54, 1.807) is 12.1 Å². The molecule has 6 heteroatoms. The Bertz CT molecular complexity index is 703. The quantitative estimate of drug-likeness (QED) is 0.371. The van der Waals surface area contributed by atoms with Gasteiger partial charge in [-0.3, -0.25) is 5.43 Å². The predicted molar refractivity (Wildman–Crippen MR) is 91.8 cm³/mol. The molecular formula is C16H18FN3OS. The normalized spacial score (nSPS) is 11.0. The highest BCUT2D eigenvalue weighted by Crippen LogP contribution is 2.31. The number of hydrogen-bond donors (Lipinski definition) is 2. The summed E-state index contributed by atoms with van der Waals surface area (Å²) in [6, 6.07) is 8.60. The molecule has 0 aromatic heterocycles. The van der Waals surface area contributed by atoms with Gasteiger partial charge in [0.15, 0.2) is 5.11 Å². The Morgan fingerprint density at radius 1 is 1.41 bits per heavy atom. The third kappa shape index (κ3) is 3.92. The molecule has 2 rings (SSSR count). The number of nitrogens with zero attached hydrogens (tertiary/aromatic N) is 1. The summed E-state index contributed by atoms with van der Waals surface area (Å²) in [6.45, 7) is 2.65. The van der Waals surface area contributed by atoms with E-state index in [2.05, 4.69) is 29.7 Å². The lowest BCUT2D eigenvalue weighted by Gasteiger charge is -2.13. The van der Waals surface area contributed by atoms with E-state index in [-0.39, 0.29) is 10.9 Å². The summed E-state index contributed by atoms with van der Waals surface area (Å²) in [5, 5.41) is 5.18. The van der Waals surface area contributed by atoms with E-state index in [1.165, 1.54) is 12.3 Å². The highest BCUT2D eigenvalue weighted by molar-refractivity contribution is 7.80. The Hall–Kier alpha value is -2.21. The van der Waals surface area contributed by atoms with Crippen molar-refractivity contribution in [1.29, 1.82) is 0 Å². The maximum atomic E-state index is 14.2. The minimum absolute atomic E-state index is 0.0472. The predicted octanol–water partition coefficient (Wildman–Crippen LogP) is 3.32. The molecular weight excluding hydrogens is 301 g/mol. The Kier molecular flexibility index (Phi) is 5.66. The minimum atomic E-state index is -0.324. The number of rotatable bonds is 6. The molecule has 0 heterocycles. The number of nitrogens with one attached hydrogen (secondary N) is 1. The van der Waals surface area contributed by atoms with Crippen LogP contribution in [0.4, 0.5) is 4.39 Å². The maximum Gasteiger partial charge on any atom is 0.184 e. The molecule has 0 aliphatic carbocycles. The summed E-state index contributed by atoms with van der Waals surface area (Å²) in [7, 11) is 0. The highest BCUT2D eigenvalue weighted by Gasteiger charge is 2.12. The van der Waals surface area contributed by atoms with Crippen LogP contribution in [0.3, 0.4) is 0 Å². The summed E-state index contributed by atoms with van der Waals surface area (Å²) in [4.78, 5) is 0. The van der Waals surface area contributed by atoms with Gasteiger partial charge in [-0.1, -0.05) is 37.6 Å². The van der Waals surface area contributed by atoms with Gasteiger partial charge in [-0.15, -0.1) is 0 Å². The Balaban J connectivity index is 2.45. The van der Waals surface area contributed by atoms with E-state index in [0.717, 1.165) is 18.2 Å². The van der Waals surface area contributed by atoms with E-state index >= 15 is 0 Å². The first-order valence-corrected chi connectivity index (χ1v) is 7.47. The van der Waals surface area contributed by atoms with Crippen LogP contribution in [0.15, 0.2) is 35.4 Å². The van der Waals surface area contributed by atoms with Crippen molar-refractivity contribution in [3.63, 3.8) is 0 Å². The zero-order valence-electron chi connectivity index (χ0n) is 12.3. The van der Waals surface area contributed by atoms with Crippen LogP contribution in [-0.4, -0.2) is 17.9 Å². The van der Waals surface area contributed by atoms with Gasteiger partial charge in [0, 0.05) is 16.3 Å². The summed E-state index contributed by atoms with van der Waals surface area (Å²) in [6.07, 6.45) is 3.40. The number of halogens is 1. The van der Waals surface area contributed by atoms with Crippen molar-refractivity contribution in [1.82, 2.24) is 5.43 Å². The molecule has 22 heavy (non-hydrogen) atoms. The van der Waals surface area contributed by atoms with E-state index in [0.29, 0.717) is 23.3 Å². The first kappa shape index (κ1) is 16.2. The zero-order valence-corrected chi connectivity index (χ0v) is 13.1. The number of unbranched alkanes of at least 4 members (excludes halogenated alkanes) is 1. The second-order valence-electron chi connectivity index (χ2n) is 4.76. The first-order valence-electron chi connectivity index (χ1n) is 7.06. The summed E-state index contributed by atoms with van der Waals surface area (Å²) in [5.41, 5.74) is 8.31. The van der Waals surface area contributed by atoms with E-state index in [1.807, 2.05) is 12.1 Å². The van der Waals surface area contributed by atoms with Crippen molar-refractivity contribution >= 4 is 34.3 Å². The Morgan fingerprint density at radius 2 is 2.14 bits per heavy atom. The summed E-state index contributed by atoms with van der Waals surface area (Å²) >= 11 is 4.68. The molecule has 0 atom stereocenters. The fourth-order valence-electron chi connectivity index (χ4n) is 2.07. The van der Waals surface area contributed by atoms with Crippen molar-refractivity contribution in [3.8, 4) is 5.75 Å². The first-order chi connectivity index (χ1) is 10.6. The van der Waals surface area contributed by atoms with Crippen LogP contribution in [0.25, 0.3) is 10.8 Å². The average molecular weight is 319 g/mol. The van der Waals surface area contributed by atoms with Gasteiger partial charge in [0.25, 0.3) is 0 Å². The third-order valence-electron chi connectivity index (χ3n) is 3.10. The number of thiocarbonyl (C=S) groups is 1. The van der Waals surface area contributed by atoms with E-state index in [4.69, 9.17) is 10.5 Å². The fourth-order valence-corrected chi connectivity index (χ4v) is 2.12. The molecule has 116 valence electrons. The lowest BCUT2D eigenvalue weighted by Crippen LogP contribution is -2.24. The third-order valence-corrected chi connectivity index (χ3v) is 3.19. The van der Waals surface area contributed by atoms with Crippen LogP contribution >= 0.6 is 12.2 Å². The molecule has 4 nitrogen and oxygen atoms in total. The van der Waals surface area contributed by atoms with Crippen LogP contribution < -0.4 is 15.9 Å². The second-order valence-corrected chi connectivity index (χ2v) is 5.20. The highest BCUT2D eigenvalue weighted by atomic mass is 32.1. The summed E-state index contributed by atoms with van der Waals surface area (Å²) in [5.74, 6) is 0.286. The van der Waals surface area contributed by atoms with Crippen LogP contribution in [0.2, 0.25) is 0 Å². The maximum absolute atomic E-state index is 14.2. The van der Waals surface area contributed by atoms with Crippen LogP contribution in [0, 0.1) is 5.82 Å². The van der Waals surface area contributed by atoms with Crippen molar-refractivity contribution < 1.29 is 9.13 Å². The number of benzene rings is 2. The molecule has 0 spiro atoms. The smallest absolute Gasteiger partial charge is 0.184 e. The summed E-state index contributed by atoms with van der Waals surface area (Å²) < 4.78 is 20.1. The number of hydrazone groups is 1. The molecule has 0 unspecified atom stereocenters. The molecule has 2 aromatic rings. The Labute approximate surface area is 134 Å². The largest absolute Gasteiger partial charge is 0.492 e. The van der Waals surface area contributed by atoms with Crippen molar-refractivity contribution in [2.24, 2.45) is 10.8 Å². The van der Waals surface area contributed by atoms with Crippen molar-refractivity contribution in [2.45, 2.75) is 19.8 Å². The van der Waals surface area contributed by atoms with Gasteiger partial charge in [-0.05, 0) is 24.7 Å². The molecule has 2 aromatic carbocycles. The van der Waals surface area contributed by atoms with Gasteiger partial charge >= 0.3 is 0 Å². The van der Waals surface area contributed by atoms with Crippen LogP contribution in [0.5, 0.6) is 5.75 Å². The number of nitrogens with two attached hydrogens (primary N) is 1. The number of hydrogen-bond acceptors (Lipinski definition) is 3. The molecule has 3 N–H and O–H groups in total. The lowest BCUT2D eigenvalue weighted by atomic mass is 10.0.